The van der Waals surface area contributed by atoms with Crippen LogP contribution in [-0.4, -0.2) is 10.9 Å². The van der Waals surface area contributed by atoms with Gasteiger partial charge < -0.3 is 4.52 Å². The van der Waals surface area contributed by atoms with Gasteiger partial charge in [-0.25, -0.2) is 0 Å². The van der Waals surface area contributed by atoms with Crippen LogP contribution in [0, 0.1) is 6.92 Å². The summed E-state index contributed by atoms with van der Waals surface area (Å²) in [5.74, 6) is 0.887. The lowest BCUT2D eigenvalue weighted by Gasteiger charge is -2.01. The molecule has 1 heterocycles. The molecule has 0 saturated carbocycles. The number of aryl methyl sites for hydroxylation is 2. The molecule has 0 aliphatic heterocycles. The first-order valence-electron chi connectivity index (χ1n) is 5.35. The summed E-state index contributed by atoms with van der Waals surface area (Å²) in [6.07, 6.45) is 1.24. The number of aromatic nitrogens is 1. The number of carbonyl (C=O) groups is 1. The van der Waals surface area contributed by atoms with Crippen LogP contribution in [0.15, 0.2) is 28.8 Å². The van der Waals surface area contributed by atoms with Crippen molar-refractivity contribution < 1.29 is 9.32 Å². The molecule has 0 spiro atoms. The Balaban J connectivity index is 2.22. The van der Waals surface area contributed by atoms with Gasteiger partial charge in [0.05, 0.1) is 5.56 Å². The molecular formula is C13H11NO2. The summed E-state index contributed by atoms with van der Waals surface area (Å²) in [6, 6.07) is 7.90. The van der Waals surface area contributed by atoms with Gasteiger partial charge in [-0.1, -0.05) is 29.4 Å². The lowest BCUT2D eigenvalue weighted by molar-refractivity contribution is 0.0995. The van der Waals surface area contributed by atoms with E-state index < -0.39 is 0 Å². The van der Waals surface area contributed by atoms with Crippen LogP contribution in [0.3, 0.4) is 0 Å². The zero-order valence-corrected chi connectivity index (χ0v) is 8.99. The van der Waals surface area contributed by atoms with Crippen molar-refractivity contribution in [2.24, 2.45) is 0 Å². The maximum Gasteiger partial charge on any atom is 0.169 e. The summed E-state index contributed by atoms with van der Waals surface area (Å²) in [6.45, 7) is 2.01. The Morgan fingerprint density at radius 3 is 2.88 bits per heavy atom. The van der Waals surface area contributed by atoms with Crippen molar-refractivity contribution >= 4 is 5.78 Å². The zero-order chi connectivity index (χ0) is 11.1. The zero-order valence-electron chi connectivity index (χ0n) is 8.99. The van der Waals surface area contributed by atoms with Crippen LogP contribution in [-0.2, 0) is 6.42 Å². The van der Waals surface area contributed by atoms with E-state index in [9.17, 15) is 4.79 Å². The molecule has 2 aromatic rings. The summed E-state index contributed by atoms with van der Waals surface area (Å²) in [7, 11) is 0. The Bertz CT molecular complexity index is 569. The highest BCUT2D eigenvalue weighted by atomic mass is 16.5. The molecule has 1 aliphatic carbocycles. The van der Waals surface area contributed by atoms with Crippen LogP contribution in [0.4, 0.5) is 0 Å². The van der Waals surface area contributed by atoms with Crippen molar-refractivity contribution in [2.45, 2.75) is 19.8 Å². The second kappa shape index (κ2) is 3.30. The number of ketones is 1. The van der Waals surface area contributed by atoms with Crippen LogP contribution in [0.5, 0.6) is 0 Å². The molecule has 0 amide bonds. The number of hydrogen-bond acceptors (Lipinski definition) is 3. The molecule has 3 rings (SSSR count). The van der Waals surface area contributed by atoms with Crippen LogP contribution in [0.1, 0.15) is 28.1 Å². The molecule has 0 saturated heterocycles. The highest BCUT2D eigenvalue weighted by Crippen LogP contribution is 2.33. The Hall–Kier alpha value is -1.90. The molecule has 0 unspecified atom stereocenters. The number of benzene rings is 1. The predicted molar refractivity (Wildman–Crippen MR) is 59.3 cm³/mol. The molecule has 3 nitrogen and oxygen atoms in total. The van der Waals surface area contributed by atoms with E-state index in [1.165, 1.54) is 0 Å². The second-order valence-corrected chi connectivity index (χ2v) is 4.07. The van der Waals surface area contributed by atoms with Crippen molar-refractivity contribution in [1.29, 1.82) is 0 Å². The maximum atomic E-state index is 11.7. The predicted octanol–water partition coefficient (Wildman–Crippen LogP) is 2.78. The van der Waals surface area contributed by atoms with Crippen LogP contribution in [0.2, 0.25) is 0 Å². The van der Waals surface area contributed by atoms with E-state index in [0.29, 0.717) is 24.1 Å². The minimum atomic E-state index is 0.148. The Kier molecular flexibility index (Phi) is 1.93. The van der Waals surface area contributed by atoms with Crippen molar-refractivity contribution in [2.75, 3.05) is 0 Å². The van der Waals surface area contributed by atoms with Gasteiger partial charge in [0.25, 0.3) is 0 Å². The van der Waals surface area contributed by atoms with E-state index in [1.807, 2.05) is 31.2 Å². The lowest BCUT2D eigenvalue weighted by Crippen LogP contribution is -1.94. The normalized spacial score (nSPS) is 14.2. The van der Waals surface area contributed by atoms with E-state index >= 15 is 0 Å². The van der Waals surface area contributed by atoms with Crippen molar-refractivity contribution in [3.63, 3.8) is 0 Å². The highest BCUT2D eigenvalue weighted by Gasteiger charge is 2.29. The standard InChI is InChI=1S/C13H11NO2/c1-8-4-2-3-5-9(8)13-12-10(15)6-7-11(12)16-14-13/h2-5H,6-7H2,1H3. The van der Waals surface area contributed by atoms with Gasteiger partial charge in [0.1, 0.15) is 11.5 Å². The third-order valence-corrected chi connectivity index (χ3v) is 3.02. The Morgan fingerprint density at radius 1 is 1.25 bits per heavy atom. The molecule has 0 bridgehead atoms. The number of rotatable bonds is 1. The fraction of sp³-hybridized carbons (Fsp3) is 0.231. The van der Waals surface area contributed by atoms with E-state index in [-0.39, 0.29) is 5.78 Å². The number of carbonyl (C=O) groups excluding carboxylic acids is 1. The van der Waals surface area contributed by atoms with Gasteiger partial charge in [-0.15, -0.1) is 0 Å². The summed E-state index contributed by atoms with van der Waals surface area (Å²) in [5, 5.41) is 4.02. The van der Waals surface area contributed by atoms with Gasteiger partial charge in [-0.2, -0.15) is 0 Å². The molecule has 1 aliphatic rings. The lowest BCUT2D eigenvalue weighted by atomic mass is 10.0. The molecule has 0 N–H and O–H groups in total. The van der Waals surface area contributed by atoms with Crippen molar-refractivity contribution in [1.82, 2.24) is 5.16 Å². The summed E-state index contributed by atoms with van der Waals surface area (Å²) in [4.78, 5) is 11.7. The largest absolute Gasteiger partial charge is 0.360 e. The molecular weight excluding hydrogens is 202 g/mol. The SMILES string of the molecule is Cc1ccccc1-c1noc2c1C(=O)CC2. The topological polar surface area (TPSA) is 43.1 Å². The van der Waals surface area contributed by atoms with Crippen molar-refractivity contribution in [3.8, 4) is 11.3 Å². The fourth-order valence-corrected chi connectivity index (χ4v) is 2.16. The number of fused-ring (bicyclic) bond motifs is 1. The number of hydrogen-bond donors (Lipinski definition) is 0. The van der Waals surface area contributed by atoms with Crippen LogP contribution >= 0.6 is 0 Å². The average Bonchev–Trinajstić information content (AvgIpc) is 2.83. The molecule has 0 atom stereocenters. The molecule has 1 aromatic carbocycles. The number of Topliss-reactive ketones (excluding diaryl/α,β-unsaturated/α-hetero) is 1. The van der Waals surface area contributed by atoms with E-state index in [0.717, 1.165) is 16.9 Å². The van der Waals surface area contributed by atoms with Crippen molar-refractivity contribution in [3.05, 3.63) is 41.2 Å². The molecule has 0 radical (unpaired) electrons. The minimum absolute atomic E-state index is 0.148. The third-order valence-electron chi connectivity index (χ3n) is 3.02. The summed E-state index contributed by atoms with van der Waals surface area (Å²) >= 11 is 0. The van der Waals surface area contributed by atoms with Gasteiger partial charge in [0.2, 0.25) is 0 Å². The van der Waals surface area contributed by atoms with E-state index in [1.54, 1.807) is 0 Å². The first-order valence-corrected chi connectivity index (χ1v) is 5.35. The summed E-state index contributed by atoms with van der Waals surface area (Å²) in [5.41, 5.74) is 3.49. The highest BCUT2D eigenvalue weighted by molar-refractivity contribution is 6.04. The first kappa shape index (κ1) is 9.33. The van der Waals surface area contributed by atoms with Gasteiger partial charge in [0.15, 0.2) is 5.78 Å². The van der Waals surface area contributed by atoms with Crippen LogP contribution < -0.4 is 0 Å². The van der Waals surface area contributed by atoms with Gasteiger partial charge in [-0.3, -0.25) is 4.79 Å². The summed E-state index contributed by atoms with van der Waals surface area (Å²) < 4.78 is 5.22. The van der Waals surface area contributed by atoms with Gasteiger partial charge >= 0.3 is 0 Å². The van der Waals surface area contributed by atoms with Gasteiger partial charge in [-0.05, 0) is 12.5 Å². The average molecular weight is 213 g/mol. The molecule has 0 fully saturated rings. The first-order chi connectivity index (χ1) is 7.77. The van der Waals surface area contributed by atoms with Crippen LogP contribution in [0.25, 0.3) is 11.3 Å². The molecule has 3 heteroatoms. The minimum Gasteiger partial charge on any atom is -0.360 e. The second-order valence-electron chi connectivity index (χ2n) is 4.07. The fourth-order valence-electron chi connectivity index (χ4n) is 2.16. The van der Waals surface area contributed by atoms with E-state index in [4.69, 9.17) is 4.52 Å². The Morgan fingerprint density at radius 2 is 2.06 bits per heavy atom. The Labute approximate surface area is 93.1 Å². The quantitative estimate of drug-likeness (QED) is 0.731. The third kappa shape index (κ3) is 1.21. The molecule has 1 aromatic heterocycles. The monoisotopic (exact) mass is 213 g/mol. The van der Waals surface area contributed by atoms with E-state index in [2.05, 4.69) is 5.16 Å². The number of nitrogens with zero attached hydrogens (tertiary/aromatic N) is 1. The van der Waals surface area contributed by atoms with Gasteiger partial charge in [0, 0.05) is 18.4 Å². The maximum absolute atomic E-state index is 11.7. The smallest absolute Gasteiger partial charge is 0.169 e. The molecule has 80 valence electrons. The molecule has 16 heavy (non-hydrogen) atoms.